The van der Waals surface area contributed by atoms with Crippen molar-refractivity contribution in [2.75, 3.05) is 5.73 Å². The molecule has 1 aromatic carbocycles. The molecule has 2 N–H and O–H groups in total. The fraction of sp³-hybridized carbons (Fsp3) is 0.167. The van der Waals surface area contributed by atoms with Crippen LogP contribution in [0.1, 0.15) is 12.5 Å². The Hall–Kier alpha value is -2.28. The number of aryl methyl sites for hydroxylation is 1. The molecular weight excluding hydrogens is 200 g/mol. The van der Waals surface area contributed by atoms with Crippen LogP contribution in [-0.2, 0) is 6.54 Å². The average molecular weight is 212 g/mol. The number of anilines is 1. The van der Waals surface area contributed by atoms with Crippen molar-refractivity contribution in [1.82, 2.24) is 9.78 Å². The van der Waals surface area contributed by atoms with Crippen LogP contribution in [0.5, 0.6) is 0 Å². The molecule has 0 aliphatic rings. The van der Waals surface area contributed by atoms with E-state index in [4.69, 9.17) is 11.0 Å². The molecule has 0 fully saturated rings. The predicted molar refractivity (Wildman–Crippen MR) is 62.5 cm³/mol. The summed E-state index contributed by atoms with van der Waals surface area (Å²) in [5.41, 5.74) is 8.87. The molecule has 4 heteroatoms. The van der Waals surface area contributed by atoms with Crippen molar-refractivity contribution < 1.29 is 0 Å². The molecule has 0 spiro atoms. The van der Waals surface area contributed by atoms with E-state index < -0.39 is 0 Å². The second-order valence-electron chi connectivity index (χ2n) is 3.48. The summed E-state index contributed by atoms with van der Waals surface area (Å²) in [6, 6.07) is 9.32. The SMILES string of the molecule is CCn1cc(N)c(-c2ccc(C#N)cc2)n1. The van der Waals surface area contributed by atoms with Gasteiger partial charge in [0, 0.05) is 18.3 Å². The van der Waals surface area contributed by atoms with Gasteiger partial charge in [0.1, 0.15) is 5.69 Å². The highest BCUT2D eigenvalue weighted by atomic mass is 15.3. The molecule has 1 aromatic heterocycles. The van der Waals surface area contributed by atoms with E-state index in [0.717, 1.165) is 17.8 Å². The standard InChI is InChI=1S/C12H12N4/c1-2-16-8-11(14)12(15-16)10-5-3-9(7-13)4-6-10/h3-6,8H,2,14H2,1H3. The van der Waals surface area contributed by atoms with Crippen LogP contribution in [0.3, 0.4) is 0 Å². The molecule has 2 aromatic rings. The van der Waals surface area contributed by atoms with Crippen LogP contribution >= 0.6 is 0 Å². The van der Waals surface area contributed by atoms with Gasteiger partial charge in [-0.15, -0.1) is 0 Å². The maximum absolute atomic E-state index is 8.70. The lowest BCUT2D eigenvalue weighted by Crippen LogP contribution is -1.93. The fourth-order valence-electron chi connectivity index (χ4n) is 1.53. The Kier molecular flexibility index (Phi) is 2.61. The molecule has 0 bridgehead atoms. The minimum absolute atomic E-state index is 0.636. The Balaban J connectivity index is 2.42. The number of aromatic nitrogens is 2. The Morgan fingerprint density at radius 1 is 1.38 bits per heavy atom. The first-order valence-electron chi connectivity index (χ1n) is 5.08. The molecule has 0 aliphatic heterocycles. The lowest BCUT2D eigenvalue weighted by atomic mass is 10.1. The minimum Gasteiger partial charge on any atom is -0.396 e. The predicted octanol–water partition coefficient (Wildman–Crippen LogP) is 2.02. The summed E-state index contributed by atoms with van der Waals surface area (Å²) in [5.74, 6) is 0. The third-order valence-electron chi connectivity index (χ3n) is 2.40. The van der Waals surface area contributed by atoms with E-state index in [1.807, 2.05) is 25.3 Å². The number of nitrogens with two attached hydrogens (primary N) is 1. The minimum atomic E-state index is 0.636. The van der Waals surface area contributed by atoms with Crippen molar-refractivity contribution in [3.63, 3.8) is 0 Å². The highest BCUT2D eigenvalue weighted by Crippen LogP contribution is 2.23. The maximum atomic E-state index is 8.70. The number of hydrogen-bond acceptors (Lipinski definition) is 3. The summed E-state index contributed by atoms with van der Waals surface area (Å²) in [6.45, 7) is 2.80. The van der Waals surface area contributed by atoms with Gasteiger partial charge >= 0.3 is 0 Å². The summed E-state index contributed by atoms with van der Waals surface area (Å²) < 4.78 is 1.79. The van der Waals surface area contributed by atoms with Gasteiger partial charge in [-0.2, -0.15) is 10.4 Å². The van der Waals surface area contributed by atoms with Gasteiger partial charge in [-0.3, -0.25) is 4.68 Å². The average Bonchev–Trinajstić information content (AvgIpc) is 2.71. The Bertz CT molecular complexity index is 531. The first kappa shape index (κ1) is 10.2. The third kappa shape index (κ3) is 1.75. The molecule has 0 saturated heterocycles. The van der Waals surface area contributed by atoms with Crippen molar-refractivity contribution in [3.05, 3.63) is 36.0 Å². The molecule has 1 heterocycles. The molecule has 2 rings (SSSR count). The van der Waals surface area contributed by atoms with Crippen LogP contribution in [0.2, 0.25) is 0 Å². The van der Waals surface area contributed by atoms with Crippen LogP contribution in [0.25, 0.3) is 11.3 Å². The summed E-state index contributed by atoms with van der Waals surface area (Å²) in [6.07, 6.45) is 1.81. The van der Waals surface area contributed by atoms with Crippen LogP contribution in [0, 0.1) is 11.3 Å². The van der Waals surface area contributed by atoms with Gasteiger partial charge in [-0.05, 0) is 19.1 Å². The highest BCUT2D eigenvalue weighted by molar-refractivity contribution is 5.72. The van der Waals surface area contributed by atoms with Gasteiger partial charge in [0.05, 0.1) is 17.3 Å². The van der Waals surface area contributed by atoms with E-state index >= 15 is 0 Å². The van der Waals surface area contributed by atoms with Gasteiger partial charge < -0.3 is 5.73 Å². The van der Waals surface area contributed by atoms with Crippen molar-refractivity contribution in [2.24, 2.45) is 0 Å². The van der Waals surface area contributed by atoms with E-state index in [9.17, 15) is 0 Å². The van der Waals surface area contributed by atoms with Gasteiger partial charge in [-0.25, -0.2) is 0 Å². The van der Waals surface area contributed by atoms with Crippen LogP contribution < -0.4 is 5.73 Å². The number of rotatable bonds is 2. The quantitative estimate of drug-likeness (QED) is 0.828. The Morgan fingerprint density at radius 3 is 2.56 bits per heavy atom. The normalized spacial score (nSPS) is 10.0. The number of nitrogens with zero attached hydrogens (tertiary/aromatic N) is 3. The van der Waals surface area contributed by atoms with Crippen molar-refractivity contribution in [3.8, 4) is 17.3 Å². The number of nitrogen functional groups attached to an aromatic ring is 1. The van der Waals surface area contributed by atoms with E-state index in [-0.39, 0.29) is 0 Å². The lowest BCUT2D eigenvalue weighted by Gasteiger charge is -1.98. The van der Waals surface area contributed by atoms with E-state index in [1.165, 1.54) is 0 Å². The van der Waals surface area contributed by atoms with E-state index in [1.54, 1.807) is 16.8 Å². The maximum Gasteiger partial charge on any atom is 0.115 e. The van der Waals surface area contributed by atoms with Gasteiger partial charge in [-0.1, -0.05) is 12.1 Å². The highest BCUT2D eigenvalue weighted by Gasteiger charge is 2.07. The van der Waals surface area contributed by atoms with Crippen molar-refractivity contribution in [2.45, 2.75) is 13.5 Å². The number of nitriles is 1. The summed E-state index contributed by atoms with van der Waals surface area (Å²) >= 11 is 0. The molecule has 0 saturated carbocycles. The molecule has 16 heavy (non-hydrogen) atoms. The first-order chi connectivity index (χ1) is 7.74. The fourth-order valence-corrected chi connectivity index (χ4v) is 1.53. The summed E-state index contributed by atoms with van der Waals surface area (Å²) in [4.78, 5) is 0. The molecule has 0 amide bonds. The first-order valence-corrected chi connectivity index (χ1v) is 5.08. The second-order valence-corrected chi connectivity index (χ2v) is 3.48. The molecule has 80 valence electrons. The monoisotopic (exact) mass is 212 g/mol. The van der Waals surface area contributed by atoms with E-state index in [0.29, 0.717) is 11.3 Å². The van der Waals surface area contributed by atoms with Gasteiger partial charge in [0.15, 0.2) is 0 Å². The summed E-state index contributed by atoms with van der Waals surface area (Å²) in [5, 5.41) is 13.1. The van der Waals surface area contributed by atoms with Crippen molar-refractivity contribution >= 4 is 5.69 Å². The second kappa shape index (κ2) is 4.07. The number of hydrogen-bond donors (Lipinski definition) is 1. The van der Waals surface area contributed by atoms with Gasteiger partial charge in [0.25, 0.3) is 0 Å². The van der Waals surface area contributed by atoms with E-state index in [2.05, 4.69) is 11.2 Å². The zero-order chi connectivity index (χ0) is 11.5. The molecule has 0 aliphatic carbocycles. The van der Waals surface area contributed by atoms with Gasteiger partial charge in [0.2, 0.25) is 0 Å². The number of benzene rings is 1. The zero-order valence-electron chi connectivity index (χ0n) is 9.01. The van der Waals surface area contributed by atoms with Crippen LogP contribution in [0.4, 0.5) is 5.69 Å². The Morgan fingerprint density at radius 2 is 2.06 bits per heavy atom. The smallest absolute Gasteiger partial charge is 0.115 e. The molecule has 4 nitrogen and oxygen atoms in total. The largest absolute Gasteiger partial charge is 0.396 e. The zero-order valence-corrected chi connectivity index (χ0v) is 9.01. The summed E-state index contributed by atoms with van der Waals surface area (Å²) in [7, 11) is 0. The molecule has 0 unspecified atom stereocenters. The van der Waals surface area contributed by atoms with Crippen LogP contribution in [-0.4, -0.2) is 9.78 Å². The molecule has 0 radical (unpaired) electrons. The Labute approximate surface area is 93.9 Å². The lowest BCUT2D eigenvalue weighted by molar-refractivity contribution is 0.662. The topological polar surface area (TPSA) is 67.6 Å². The van der Waals surface area contributed by atoms with Crippen molar-refractivity contribution in [1.29, 1.82) is 5.26 Å². The molecule has 0 atom stereocenters. The molecular formula is C12H12N4. The third-order valence-corrected chi connectivity index (χ3v) is 2.40. The van der Waals surface area contributed by atoms with Crippen LogP contribution in [0.15, 0.2) is 30.5 Å².